The van der Waals surface area contributed by atoms with Crippen LogP contribution >= 0.6 is 0 Å². The van der Waals surface area contributed by atoms with Crippen LogP contribution in [0.1, 0.15) is 81.9 Å². The van der Waals surface area contributed by atoms with E-state index < -0.39 is 35.9 Å². The van der Waals surface area contributed by atoms with Crippen LogP contribution in [0.4, 0.5) is 26.3 Å². The zero-order valence-corrected chi connectivity index (χ0v) is 21.7. The minimum absolute atomic E-state index is 0.00450. The van der Waals surface area contributed by atoms with E-state index in [1.807, 2.05) is 6.92 Å². The van der Waals surface area contributed by atoms with Crippen LogP contribution in [0.15, 0.2) is 30.3 Å². The minimum atomic E-state index is -4.71. The van der Waals surface area contributed by atoms with E-state index in [1.54, 1.807) is 18.2 Å². The second kappa shape index (κ2) is 10.5. The van der Waals surface area contributed by atoms with Crippen LogP contribution in [0.3, 0.4) is 0 Å². The molecule has 1 N–H and O–H groups in total. The van der Waals surface area contributed by atoms with Crippen molar-refractivity contribution in [1.29, 1.82) is 0 Å². The summed E-state index contributed by atoms with van der Waals surface area (Å²) in [5, 5.41) is 9.93. The van der Waals surface area contributed by atoms with Gasteiger partial charge in [0.05, 0.1) is 17.9 Å². The van der Waals surface area contributed by atoms with Gasteiger partial charge < -0.3 is 9.84 Å². The van der Waals surface area contributed by atoms with Crippen molar-refractivity contribution in [2.75, 3.05) is 0 Å². The number of fused-ring (bicyclic) bond motifs is 3. The smallest absolute Gasteiger partial charge is 0.420 e. The van der Waals surface area contributed by atoms with Gasteiger partial charge in [0.15, 0.2) is 0 Å². The maximum atomic E-state index is 14.3. The predicted octanol–water partition coefficient (Wildman–Crippen LogP) is 8.14. The number of carbonyl (C=O) groups is 1. The van der Waals surface area contributed by atoms with Gasteiger partial charge in [0.2, 0.25) is 0 Å². The summed E-state index contributed by atoms with van der Waals surface area (Å²) in [5.41, 5.74) is -0.0113. The van der Waals surface area contributed by atoms with Gasteiger partial charge in [0.1, 0.15) is 11.3 Å². The van der Waals surface area contributed by atoms with E-state index >= 15 is 0 Å². The number of carboxylic acid groups (broad SMARTS) is 1. The van der Waals surface area contributed by atoms with Gasteiger partial charge >= 0.3 is 18.3 Å². The van der Waals surface area contributed by atoms with Crippen LogP contribution in [-0.2, 0) is 11.0 Å². The van der Waals surface area contributed by atoms with Gasteiger partial charge in [0.25, 0.3) is 0 Å². The Labute approximate surface area is 223 Å². The van der Waals surface area contributed by atoms with E-state index in [4.69, 9.17) is 4.74 Å². The molecule has 1 aliphatic carbocycles. The van der Waals surface area contributed by atoms with Crippen molar-refractivity contribution in [3.05, 3.63) is 41.5 Å². The molecule has 2 bridgehead atoms. The van der Waals surface area contributed by atoms with Gasteiger partial charge in [-0.2, -0.15) is 26.3 Å². The van der Waals surface area contributed by atoms with Crippen molar-refractivity contribution in [3.63, 3.8) is 0 Å². The highest BCUT2D eigenvalue weighted by Crippen LogP contribution is 2.47. The maximum absolute atomic E-state index is 14.3. The number of benzene rings is 2. The maximum Gasteiger partial charge on any atom is 0.420 e. The molecular formula is C29H33F6NO3. The SMILES string of the molecule is CC[C@H](c1ccc2c(C(F)(F)F)c(OC3CCC(C(F)(F)F)CC3)ccc2c1)N1C2CCC1CC(C(=O)O)C2. The highest BCUT2D eigenvalue weighted by atomic mass is 19.4. The topological polar surface area (TPSA) is 49.8 Å². The standard InChI is InChI=1S/C29H33F6NO3/c1-2-24(36-20-7-8-21(36)15-18(14-20)27(37)38)17-3-11-23-16(13-17)4-12-25(26(23)29(33,34)35)39-22-9-5-19(6-10-22)28(30,31)32/h3-4,11-13,18-22,24H,2,5-10,14-15H2,1H3,(H,37,38)/t18?,19?,20?,21?,22?,24-/m1/s1. The summed E-state index contributed by atoms with van der Waals surface area (Å²) in [6.45, 7) is 2.03. The number of nitrogens with zero attached hydrogens (tertiary/aromatic N) is 1. The van der Waals surface area contributed by atoms with Crippen LogP contribution in [0.5, 0.6) is 5.75 Å². The largest absolute Gasteiger partial charge is 0.490 e. The van der Waals surface area contributed by atoms with Crippen LogP contribution in [0.2, 0.25) is 0 Å². The number of rotatable bonds is 6. The molecule has 2 unspecified atom stereocenters. The fourth-order valence-corrected chi connectivity index (χ4v) is 7.16. The first kappa shape index (κ1) is 28.1. The Kier molecular flexibility index (Phi) is 7.54. The fourth-order valence-electron chi connectivity index (χ4n) is 7.16. The lowest BCUT2D eigenvalue weighted by atomic mass is 9.86. The van der Waals surface area contributed by atoms with E-state index in [1.165, 1.54) is 12.1 Å². The van der Waals surface area contributed by atoms with Crippen molar-refractivity contribution in [2.24, 2.45) is 11.8 Å². The molecular weight excluding hydrogens is 524 g/mol. The number of carboxylic acids is 1. The van der Waals surface area contributed by atoms with Gasteiger partial charge in [0, 0.05) is 18.1 Å². The molecule has 39 heavy (non-hydrogen) atoms. The van der Waals surface area contributed by atoms with E-state index in [0.29, 0.717) is 18.2 Å². The fraction of sp³-hybridized carbons (Fsp3) is 0.621. The molecule has 3 aliphatic rings. The third kappa shape index (κ3) is 5.58. The van der Waals surface area contributed by atoms with Crippen LogP contribution in [-0.4, -0.2) is 40.3 Å². The molecule has 1 saturated carbocycles. The van der Waals surface area contributed by atoms with Crippen molar-refractivity contribution in [1.82, 2.24) is 4.90 Å². The number of hydrogen-bond acceptors (Lipinski definition) is 3. The number of alkyl halides is 6. The first-order valence-electron chi connectivity index (χ1n) is 13.7. The molecule has 0 spiro atoms. The quantitative estimate of drug-likeness (QED) is 0.364. The average molecular weight is 558 g/mol. The molecule has 0 amide bonds. The van der Waals surface area contributed by atoms with Gasteiger partial charge in [-0.25, -0.2) is 0 Å². The molecule has 0 radical (unpaired) electrons. The van der Waals surface area contributed by atoms with E-state index in [-0.39, 0.29) is 60.9 Å². The lowest BCUT2D eigenvalue weighted by molar-refractivity contribution is -0.185. The summed E-state index contributed by atoms with van der Waals surface area (Å²) in [6, 6.07) is 8.08. The van der Waals surface area contributed by atoms with Crippen molar-refractivity contribution in [2.45, 2.75) is 101 Å². The molecule has 3 atom stereocenters. The summed E-state index contributed by atoms with van der Waals surface area (Å²) >= 11 is 0. The average Bonchev–Trinajstić information content (AvgIpc) is 3.11. The Hall–Kier alpha value is -2.49. The minimum Gasteiger partial charge on any atom is -0.490 e. The molecule has 5 rings (SSSR count). The molecule has 2 aliphatic heterocycles. The molecule has 2 aromatic rings. The van der Waals surface area contributed by atoms with Crippen LogP contribution in [0, 0.1) is 11.8 Å². The summed E-state index contributed by atoms with van der Waals surface area (Å²) in [5.74, 6) is -2.91. The van der Waals surface area contributed by atoms with Crippen molar-refractivity contribution >= 4 is 16.7 Å². The molecule has 3 fully saturated rings. The summed E-state index contributed by atoms with van der Waals surface area (Å²) in [6.07, 6.45) is -6.17. The summed E-state index contributed by atoms with van der Waals surface area (Å²) in [7, 11) is 0. The second-order valence-corrected chi connectivity index (χ2v) is 11.3. The Morgan fingerprint density at radius 3 is 2.15 bits per heavy atom. The highest BCUT2D eigenvalue weighted by molar-refractivity contribution is 5.89. The second-order valence-electron chi connectivity index (χ2n) is 11.3. The summed E-state index contributed by atoms with van der Waals surface area (Å²) in [4.78, 5) is 14.0. The third-order valence-electron chi connectivity index (χ3n) is 8.99. The van der Waals surface area contributed by atoms with Gasteiger partial charge in [-0.3, -0.25) is 9.69 Å². The molecule has 4 nitrogen and oxygen atoms in total. The van der Waals surface area contributed by atoms with Crippen molar-refractivity contribution < 1.29 is 41.0 Å². The summed E-state index contributed by atoms with van der Waals surface area (Å²) < 4.78 is 87.6. The monoisotopic (exact) mass is 557 g/mol. The lowest BCUT2D eigenvalue weighted by Gasteiger charge is -2.42. The number of halogens is 6. The van der Waals surface area contributed by atoms with E-state index in [0.717, 1.165) is 24.8 Å². The molecule has 2 aromatic carbocycles. The number of piperidine rings is 1. The van der Waals surface area contributed by atoms with E-state index in [2.05, 4.69) is 4.90 Å². The molecule has 0 aromatic heterocycles. The highest BCUT2D eigenvalue weighted by Gasteiger charge is 2.46. The molecule has 2 saturated heterocycles. The Bertz CT molecular complexity index is 1190. The number of aliphatic carboxylic acids is 1. The van der Waals surface area contributed by atoms with Gasteiger partial charge in [-0.05, 0) is 86.3 Å². The zero-order valence-electron chi connectivity index (χ0n) is 21.7. The normalized spacial score (nSPS) is 28.9. The number of hydrogen-bond donors (Lipinski definition) is 1. The Balaban J connectivity index is 1.41. The number of ether oxygens (including phenoxy) is 1. The van der Waals surface area contributed by atoms with Crippen LogP contribution < -0.4 is 4.74 Å². The predicted molar refractivity (Wildman–Crippen MR) is 133 cm³/mol. The molecule has 214 valence electrons. The van der Waals surface area contributed by atoms with Crippen molar-refractivity contribution in [3.8, 4) is 5.75 Å². The molecule has 10 heteroatoms. The Morgan fingerprint density at radius 2 is 1.62 bits per heavy atom. The first-order valence-corrected chi connectivity index (χ1v) is 13.7. The van der Waals surface area contributed by atoms with Gasteiger partial charge in [-0.15, -0.1) is 0 Å². The van der Waals surface area contributed by atoms with E-state index in [9.17, 15) is 36.2 Å². The molecule has 2 heterocycles. The third-order valence-corrected chi connectivity index (χ3v) is 8.99. The Morgan fingerprint density at radius 1 is 0.974 bits per heavy atom. The lowest BCUT2D eigenvalue weighted by Crippen LogP contribution is -2.46. The zero-order chi connectivity index (χ0) is 28.1. The van der Waals surface area contributed by atoms with Crippen LogP contribution in [0.25, 0.3) is 10.8 Å². The van der Waals surface area contributed by atoms with Gasteiger partial charge in [-0.1, -0.05) is 25.1 Å². The first-order chi connectivity index (χ1) is 18.4.